The van der Waals surface area contributed by atoms with Gasteiger partial charge in [-0.1, -0.05) is 43.6 Å². The number of nitrogens with one attached hydrogen (secondary N) is 2. The van der Waals surface area contributed by atoms with Gasteiger partial charge < -0.3 is 25.0 Å². The van der Waals surface area contributed by atoms with E-state index in [1.54, 1.807) is 29.6 Å². The maximum absolute atomic E-state index is 13.0. The lowest BCUT2D eigenvalue weighted by Crippen LogP contribution is -2.40. The number of thiazole rings is 1. The van der Waals surface area contributed by atoms with Crippen molar-refractivity contribution in [1.29, 1.82) is 0 Å². The van der Waals surface area contributed by atoms with Crippen molar-refractivity contribution in [2.24, 2.45) is 5.92 Å². The lowest BCUT2D eigenvalue weighted by Gasteiger charge is -2.24. The van der Waals surface area contributed by atoms with Gasteiger partial charge in [-0.15, -0.1) is 11.3 Å². The van der Waals surface area contributed by atoms with Gasteiger partial charge in [0, 0.05) is 18.5 Å². The highest BCUT2D eigenvalue weighted by atomic mass is 35.5. The van der Waals surface area contributed by atoms with Gasteiger partial charge in [-0.25, -0.2) is 4.98 Å². The fraction of sp³-hybridized carbons (Fsp3) is 0.308. The first kappa shape index (κ1) is 26.4. The van der Waals surface area contributed by atoms with E-state index in [4.69, 9.17) is 21.1 Å². The summed E-state index contributed by atoms with van der Waals surface area (Å²) < 4.78 is 10.6. The number of anilines is 1. The van der Waals surface area contributed by atoms with Crippen molar-refractivity contribution in [3.05, 3.63) is 69.7 Å². The molecule has 1 aliphatic rings. The summed E-state index contributed by atoms with van der Waals surface area (Å²) in [4.78, 5) is 44.0. The third-order valence-electron chi connectivity index (χ3n) is 5.38. The smallest absolute Gasteiger partial charge is 0.255 e. The Morgan fingerprint density at radius 2 is 1.89 bits per heavy atom. The van der Waals surface area contributed by atoms with E-state index in [1.807, 2.05) is 32.0 Å². The average Bonchev–Trinajstić information content (AvgIpc) is 3.50. The average molecular weight is 543 g/mol. The summed E-state index contributed by atoms with van der Waals surface area (Å²) in [7, 11) is 0. The largest absolute Gasteiger partial charge is 0.454 e. The molecule has 0 saturated heterocycles. The molecule has 3 amide bonds. The van der Waals surface area contributed by atoms with Crippen LogP contribution >= 0.6 is 22.9 Å². The standard InChI is InChI=1S/C26H27ClN4O5S/c1-16(2)12-31(25(34)19-5-3-4-6-20(19)27)13-24(33)30-26-29-18(14-37-26)10-23(32)28-11-17-7-8-21-22(9-17)36-15-35-21/h3-9,14,16H,10-13,15H2,1-2H3,(H,28,32)(H,29,30,33). The minimum absolute atomic E-state index is 0.0708. The molecule has 9 nitrogen and oxygen atoms in total. The number of rotatable bonds is 10. The third kappa shape index (κ3) is 7.21. The lowest BCUT2D eigenvalue weighted by atomic mass is 10.1. The summed E-state index contributed by atoms with van der Waals surface area (Å²) in [5.41, 5.74) is 1.77. The van der Waals surface area contributed by atoms with E-state index in [1.165, 1.54) is 16.2 Å². The fourth-order valence-electron chi connectivity index (χ4n) is 3.72. The predicted octanol–water partition coefficient (Wildman–Crippen LogP) is 4.12. The van der Waals surface area contributed by atoms with Gasteiger partial charge in [0.2, 0.25) is 18.6 Å². The first-order valence-electron chi connectivity index (χ1n) is 11.7. The van der Waals surface area contributed by atoms with E-state index in [9.17, 15) is 14.4 Å². The van der Waals surface area contributed by atoms with Crippen LogP contribution in [0.2, 0.25) is 5.02 Å². The van der Waals surface area contributed by atoms with Crippen molar-refractivity contribution < 1.29 is 23.9 Å². The van der Waals surface area contributed by atoms with Gasteiger partial charge in [-0.2, -0.15) is 0 Å². The van der Waals surface area contributed by atoms with Gasteiger partial charge in [0.05, 0.1) is 22.7 Å². The molecule has 2 N–H and O–H groups in total. The maximum Gasteiger partial charge on any atom is 0.255 e. The molecule has 3 aromatic rings. The minimum Gasteiger partial charge on any atom is -0.454 e. The molecule has 4 rings (SSSR count). The third-order valence-corrected chi connectivity index (χ3v) is 6.51. The molecule has 0 spiro atoms. The summed E-state index contributed by atoms with van der Waals surface area (Å²) in [5.74, 6) is 0.610. The maximum atomic E-state index is 13.0. The van der Waals surface area contributed by atoms with Crippen LogP contribution in [0.15, 0.2) is 47.8 Å². The number of carbonyl (C=O) groups is 3. The van der Waals surface area contributed by atoms with Crippen LogP contribution in [-0.2, 0) is 22.6 Å². The van der Waals surface area contributed by atoms with Crippen LogP contribution in [0, 0.1) is 5.92 Å². The van der Waals surface area contributed by atoms with Crippen molar-refractivity contribution in [3.8, 4) is 11.5 Å². The van der Waals surface area contributed by atoms with E-state index in [0.717, 1.165) is 5.56 Å². The molecule has 0 fully saturated rings. The van der Waals surface area contributed by atoms with Crippen molar-refractivity contribution in [3.63, 3.8) is 0 Å². The van der Waals surface area contributed by atoms with Crippen molar-refractivity contribution in [1.82, 2.24) is 15.2 Å². The zero-order valence-corrected chi connectivity index (χ0v) is 22.0. The molecule has 11 heteroatoms. The summed E-state index contributed by atoms with van der Waals surface area (Å²) in [6.45, 7) is 4.72. The first-order chi connectivity index (χ1) is 17.8. The van der Waals surface area contributed by atoms with E-state index in [0.29, 0.717) is 46.0 Å². The Morgan fingerprint density at radius 3 is 2.68 bits per heavy atom. The number of halogens is 1. The van der Waals surface area contributed by atoms with E-state index < -0.39 is 0 Å². The Hall–Kier alpha value is -3.63. The SMILES string of the molecule is CC(C)CN(CC(=O)Nc1nc(CC(=O)NCc2ccc3c(c2)OCO3)cs1)C(=O)c1ccccc1Cl. The predicted molar refractivity (Wildman–Crippen MR) is 141 cm³/mol. The number of aromatic nitrogens is 1. The Bertz CT molecular complexity index is 1300. The van der Waals surface area contributed by atoms with Crippen LogP contribution in [0.3, 0.4) is 0 Å². The number of carbonyl (C=O) groups excluding carboxylic acids is 3. The molecule has 0 unspecified atom stereocenters. The molecule has 0 atom stereocenters. The molecule has 0 saturated carbocycles. The molecule has 1 aromatic heterocycles. The Morgan fingerprint density at radius 1 is 1.11 bits per heavy atom. The van der Waals surface area contributed by atoms with Gasteiger partial charge >= 0.3 is 0 Å². The van der Waals surface area contributed by atoms with Crippen molar-refractivity contribution >= 4 is 45.8 Å². The summed E-state index contributed by atoms with van der Waals surface area (Å²) >= 11 is 7.41. The minimum atomic E-state index is -0.380. The molecule has 2 heterocycles. The van der Waals surface area contributed by atoms with E-state index >= 15 is 0 Å². The number of benzene rings is 2. The van der Waals surface area contributed by atoms with Crippen LogP contribution < -0.4 is 20.1 Å². The molecule has 194 valence electrons. The van der Waals surface area contributed by atoms with Crippen LogP contribution in [0.5, 0.6) is 11.5 Å². The zero-order valence-electron chi connectivity index (χ0n) is 20.5. The summed E-state index contributed by atoms with van der Waals surface area (Å²) in [5, 5.41) is 7.99. The number of hydrogen-bond acceptors (Lipinski definition) is 7. The van der Waals surface area contributed by atoms with E-state index in [-0.39, 0.29) is 43.4 Å². The fourth-order valence-corrected chi connectivity index (χ4v) is 4.66. The van der Waals surface area contributed by atoms with Gasteiger partial charge in [-0.05, 0) is 35.7 Å². The van der Waals surface area contributed by atoms with Crippen LogP contribution in [0.4, 0.5) is 5.13 Å². The van der Waals surface area contributed by atoms with Gasteiger partial charge in [0.15, 0.2) is 16.6 Å². The molecule has 2 aromatic carbocycles. The van der Waals surface area contributed by atoms with Gasteiger partial charge in [-0.3, -0.25) is 14.4 Å². The quantitative estimate of drug-likeness (QED) is 0.399. The number of ether oxygens (including phenoxy) is 2. The highest BCUT2D eigenvalue weighted by Crippen LogP contribution is 2.32. The second-order valence-corrected chi connectivity index (χ2v) is 10.2. The molecule has 0 aliphatic carbocycles. The number of amides is 3. The van der Waals surface area contributed by atoms with Crippen LogP contribution in [-0.4, -0.2) is 47.5 Å². The Kier molecular flexibility index (Phi) is 8.62. The topological polar surface area (TPSA) is 110 Å². The first-order valence-corrected chi connectivity index (χ1v) is 13.0. The zero-order chi connectivity index (χ0) is 26.4. The van der Waals surface area contributed by atoms with Gasteiger partial charge in [0.1, 0.15) is 6.54 Å². The summed E-state index contributed by atoms with van der Waals surface area (Å²) in [6, 6.07) is 12.3. The van der Waals surface area contributed by atoms with E-state index in [2.05, 4.69) is 15.6 Å². The van der Waals surface area contributed by atoms with Crippen molar-refractivity contribution in [2.75, 3.05) is 25.2 Å². The molecular formula is C26H27ClN4O5S. The monoisotopic (exact) mass is 542 g/mol. The molecule has 0 radical (unpaired) electrons. The Balaban J connectivity index is 1.29. The highest BCUT2D eigenvalue weighted by molar-refractivity contribution is 7.13. The van der Waals surface area contributed by atoms with Gasteiger partial charge in [0.25, 0.3) is 5.91 Å². The Labute approximate surface area is 223 Å². The lowest BCUT2D eigenvalue weighted by molar-refractivity contribution is -0.120. The number of hydrogen-bond donors (Lipinski definition) is 2. The molecule has 37 heavy (non-hydrogen) atoms. The second kappa shape index (κ2) is 12.1. The van der Waals surface area contributed by atoms with Crippen LogP contribution in [0.1, 0.15) is 35.5 Å². The second-order valence-electron chi connectivity index (χ2n) is 8.89. The van der Waals surface area contributed by atoms with Crippen molar-refractivity contribution in [2.45, 2.75) is 26.8 Å². The molecular weight excluding hydrogens is 516 g/mol. The number of fused-ring (bicyclic) bond motifs is 1. The molecule has 1 aliphatic heterocycles. The number of nitrogens with zero attached hydrogens (tertiary/aromatic N) is 2. The summed E-state index contributed by atoms with van der Waals surface area (Å²) in [6.07, 6.45) is 0.0708. The highest BCUT2D eigenvalue weighted by Gasteiger charge is 2.22. The normalized spacial score (nSPS) is 11.9. The molecule has 0 bridgehead atoms. The van der Waals surface area contributed by atoms with Crippen LogP contribution in [0.25, 0.3) is 0 Å².